The minimum absolute atomic E-state index is 0.0470. The van der Waals surface area contributed by atoms with Crippen molar-refractivity contribution in [2.24, 2.45) is 0 Å². The average molecular weight is 300 g/mol. The highest BCUT2D eigenvalue weighted by molar-refractivity contribution is 5.94. The fourth-order valence-corrected chi connectivity index (χ4v) is 3.07. The molecule has 1 saturated carbocycles. The largest absolute Gasteiger partial charge is 0.382 e. The van der Waals surface area contributed by atoms with Crippen molar-refractivity contribution in [3.05, 3.63) is 42.5 Å². The third-order valence-electron chi connectivity index (χ3n) is 4.21. The minimum Gasteiger partial charge on any atom is -0.382 e. The second kappa shape index (κ2) is 6.27. The number of methoxy groups -OCH3 is 1. The molecule has 1 aliphatic rings. The molecule has 0 radical (unpaired) electrons. The summed E-state index contributed by atoms with van der Waals surface area (Å²) in [5, 5.41) is 10.7. The molecule has 22 heavy (non-hydrogen) atoms. The zero-order valence-electron chi connectivity index (χ0n) is 12.7. The first-order valence-corrected chi connectivity index (χ1v) is 7.49. The number of nitrogens with one attached hydrogen (secondary N) is 1. The number of carbonyl (C=O) groups is 1. The third-order valence-corrected chi connectivity index (χ3v) is 4.21. The molecule has 3 rings (SSSR count). The number of ether oxygens (including phenoxy) is 1. The Morgan fingerprint density at radius 2 is 1.86 bits per heavy atom. The second-order valence-electron chi connectivity index (χ2n) is 5.79. The molecule has 1 heterocycles. The summed E-state index contributed by atoms with van der Waals surface area (Å²) < 4.78 is 7.10. The average Bonchev–Trinajstić information content (AvgIpc) is 3.20. The molecular weight excluding hydrogens is 280 g/mol. The van der Waals surface area contributed by atoms with Gasteiger partial charge in [-0.1, -0.05) is 12.8 Å². The molecule has 1 aromatic carbocycles. The SMILES string of the molecule is COCC1(NC(=O)c2ccc(-n3cnnc3)cc2)CCCC1. The Kier molecular flexibility index (Phi) is 4.20. The van der Waals surface area contributed by atoms with Gasteiger partial charge in [-0.2, -0.15) is 0 Å². The number of hydrogen-bond acceptors (Lipinski definition) is 4. The van der Waals surface area contributed by atoms with Crippen LogP contribution in [0.25, 0.3) is 5.69 Å². The van der Waals surface area contributed by atoms with Crippen LogP contribution in [0.1, 0.15) is 36.0 Å². The van der Waals surface area contributed by atoms with Crippen molar-refractivity contribution in [3.63, 3.8) is 0 Å². The van der Waals surface area contributed by atoms with Gasteiger partial charge in [0.15, 0.2) is 0 Å². The lowest BCUT2D eigenvalue weighted by molar-refractivity contribution is 0.0767. The third kappa shape index (κ3) is 3.01. The van der Waals surface area contributed by atoms with Gasteiger partial charge in [0, 0.05) is 18.4 Å². The summed E-state index contributed by atoms with van der Waals surface area (Å²) in [6.45, 7) is 0.567. The standard InChI is InChI=1S/C16H20N4O2/c1-22-10-16(8-2-3-9-16)19-15(21)13-4-6-14(7-5-13)20-11-17-18-12-20/h4-7,11-12H,2-3,8-10H2,1H3,(H,19,21). The van der Waals surface area contributed by atoms with Crippen molar-refractivity contribution in [3.8, 4) is 5.69 Å². The van der Waals surface area contributed by atoms with Crippen LogP contribution in [0.5, 0.6) is 0 Å². The predicted molar refractivity (Wildman–Crippen MR) is 81.9 cm³/mol. The van der Waals surface area contributed by atoms with E-state index >= 15 is 0 Å². The molecule has 2 aromatic rings. The molecule has 0 spiro atoms. The first-order valence-electron chi connectivity index (χ1n) is 7.49. The van der Waals surface area contributed by atoms with E-state index in [2.05, 4.69) is 15.5 Å². The molecule has 0 aliphatic heterocycles. The summed E-state index contributed by atoms with van der Waals surface area (Å²) in [4.78, 5) is 12.5. The van der Waals surface area contributed by atoms with Crippen LogP contribution in [-0.2, 0) is 4.74 Å². The van der Waals surface area contributed by atoms with Crippen LogP contribution in [0.4, 0.5) is 0 Å². The maximum Gasteiger partial charge on any atom is 0.251 e. The quantitative estimate of drug-likeness (QED) is 0.916. The highest BCUT2D eigenvalue weighted by Crippen LogP contribution is 2.30. The van der Waals surface area contributed by atoms with Gasteiger partial charge in [-0.3, -0.25) is 9.36 Å². The van der Waals surface area contributed by atoms with Crippen molar-refractivity contribution in [2.45, 2.75) is 31.2 Å². The van der Waals surface area contributed by atoms with E-state index in [-0.39, 0.29) is 11.4 Å². The van der Waals surface area contributed by atoms with Gasteiger partial charge in [-0.05, 0) is 37.1 Å². The lowest BCUT2D eigenvalue weighted by Crippen LogP contribution is -2.49. The van der Waals surface area contributed by atoms with Crippen LogP contribution in [0, 0.1) is 0 Å². The van der Waals surface area contributed by atoms with Crippen LogP contribution >= 0.6 is 0 Å². The highest BCUT2D eigenvalue weighted by Gasteiger charge is 2.35. The highest BCUT2D eigenvalue weighted by atomic mass is 16.5. The summed E-state index contributed by atoms with van der Waals surface area (Å²) >= 11 is 0. The molecule has 1 aromatic heterocycles. The van der Waals surface area contributed by atoms with E-state index in [9.17, 15) is 4.79 Å². The van der Waals surface area contributed by atoms with Gasteiger partial charge in [0.25, 0.3) is 5.91 Å². The van der Waals surface area contributed by atoms with Crippen molar-refractivity contribution in [1.29, 1.82) is 0 Å². The van der Waals surface area contributed by atoms with Crippen LogP contribution in [-0.4, -0.2) is 39.9 Å². The normalized spacial score (nSPS) is 16.6. The topological polar surface area (TPSA) is 69.0 Å². The fourth-order valence-electron chi connectivity index (χ4n) is 3.07. The summed E-state index contributed by atoms with van der Waals surface area (Å²) in [6, 6.07) is 7.41. The molecule has 6 heteroatoms. The van der Waals surface area contributed by atoms with Gasteiger partial charge in [-0.15, -0.1) is 10.2 Å². The number of rotatable bonds is 5. The van der Waals surface area contributed by atoms with E-state index in [4.69, 9.17) is 4.74 Å². The number of amides is 1. The molecule has 0 atom stereocenters. The second-order valence-corrected chi connectivity index (χ2v) is 5.79. The summed E-state index contributed by atoms with van der Waals surface area (Å²) in [5.41, 5.74) is 1.37. The van der Waals surface area contributed by atoms with Crippen LogP contribution < -0.4 is 5.32 Å². The van der Waals surface area contributed by atoms with E-state index in [1.54, 1.807) is 24.3 Å². The van der Waals surface area contributed by atoms with Gasteiger partial charge in [-0.25, -0.2) is 0 Å². The maximum absolute atomic E-state index is 12.5. The number of carbonyl (C=O) groups excluding carboxylic acids is 1. The van der Waals surface area contributed by atoms with Gasteiger partial charge < -0.3 is 10.1 Å². The summed E-state index contributed by atoms with van der Waals surface area (Å²) in [7, 11) is 1.68. The maximum atomic E-state index is 12.5. The Hall–Kier alpha value is -2.21. The van der Waals surface area contributed by atoms with Crippen LogP contribution in [0.3, 0.4) is 0 Å². The minimum atomic E-state index is -0.210. The first-order chi connectivity index (χ1) is 10.7. The molecular formula is C16H20N4O2. The molecule has 1 N–H and O–H groups in total. The first kappa shape index (κ1) is 14.7. The molecule has 0 unspecified atom stereocenters. The zero-order valence-corrected chi connectivity index (χ0v) is 12.7. The Labute approximate surface area is 129 Å². The number of benzene rings is 1. The summed E-state index contributed by atoms with van der Waals surface area (Å²) in [5.74, 6) is -0.0470. The van der Waals surface area contributed by atoms with Crippen molar-refractivity contribution in [2.75, 3.05) is 13.7 Å². The van der Waals surface area contributed by atoms with Gasteiger partial charge in [0.1, 0.15) is 12.7 Å². The molecule has 1 amide bonds. The van der Waals surface area contributed by atoms with E-state index in [1.807, 2.05) is 24.3 Å². The molecule has 0 bridgehead atoms. The van der Waals surface area contributed by atoms with E-state index in [1.165, 1.54) is 0 Å². The van der Waals surface area contributed by atoms with Gasteiger partial charge in [0.05, 0.1) is 12.1 Å². The lowest BCUT2D eigenvalue weighted by Gasteiger charge is -2.29. The Morgan fingerprint density at radius 3 is 2.45 bits per heavy atom. The van der Waals surface area contributed by atoms with Crippen molar-refractivity contribution in [1.82, 2.24) is 20.1 Å². The van der Waals surface area contributed by atoms with Crippen LogP contribution in [0.2, 0.25) is 0 Å². The molecule has 1 aliphatic carbocycles. The predicted octanol–water partition coefficient (Wildman–Crippen LogP) is 1.96. The fraction of sp³-hybridized carbons (Fsp3) is 0.438. The number of hydrogen-bond donors (Lipinski definition) is 1. The van der Waals surface area contributed by atoms with E-state index < -0.39 is 0 Å². The number of aromatic nitrogens is 3. The molecule has 6 nitrogen and oxygen atoms in total. The Balaban J connectivity index is 1.72. The van der Waals surface area contributed by atoms with Crippen LogP contribution in [0.15, 0.2) is 36.9 Å². The molecule has 116 valence electrons. The van der Waals surface area contributed by atoms with Gasteiger partial charge >= 0.3 is 0 Å². The van der Waals surface area contributed by atoms with E-state index in [0.29, 0.717) is 12.2 Å². The smallest absolute Gasteiger partial charge is 0.251 e. The zero-order chi connectivity index (χ0) is 15.4. The summed E-state index contributed by atoms with van der Waals surface area (Å²) in [6.07, 6.45) is 7.48. The Morgan fingerprint density at radius 1 is 1.23 bits per heavy atom. The Bertz CT molecular complexity index is 616. The van der Waals surface area contributed by atoms with Gasteiger partial charge in [0.2, 0.25) is 0 Å². The van der Waals surface area contributed by atoms with Crippen molar-refractivity contribution >= 4 is 5.91 Å². The van der Waals surface area contributed by atoms with E-state index in [0.717, 1.165) is 31.4 Å². The van der Waals surface area contributed by atoms with Crippen molar-refractivity contribution < 1.29 is 9.53 Å². The number of nitrogens with zero attached hydrogens (tertiary/aromatic N) is 3. The lowest BCUT2D eigenvalue weighted by atomic mass is 9.98. The molecule has 0 saturated heterocycles. The monoisotopic (exact) mass is 300 g/mol. The molecule has 1 fully saturated rings.